The molecular formula is C55H29F3N12. The van der Waals surface area contributed by atoms with Crippen LogP contribution in [0.15, 0.2) is 177 Å². The largest absolute Gasteiger partial charge is 0.417 e. The van der Waals surface area contributed by atoms with Crippen LogP contribution in [0.25, 0.3) is 112 Å². The normalized spacial score (nSPS) is 11.6. The van der Waals surface area contributed by atoms with Gasteiger partial charge in [0, 0.05) is 105 Å². The van der Waals surface area contributed by atoms with Gasteiger partial charge in [0.15, 0.2) is 23.3 Å². The van der Waals surface area contributed by atoms with Gasteiger partial charge in [-0.1, -0.05) is 60.7 Å². The number of aromatic nitrogens is 10. The number of rotatable bonds is 7. The lowest BCUT2D eigenvalue weighted by atomic mass is 9.90. The summed E-state index contributed by atoms with van der Waals surface area (Å²) in [4.78, 5) is 36.2. The minimum absolute atomic E-state index is 0.00132. The molecule has 0 radical (unpaired) electrons. The first-order valence-corrected chi connectivity index (χ1v) is 21.7. The van der Waals surface area contributed by atoms with E-state index in [1.807, 2.05) is 83.4 Å². The van der Waals surface area contributed by atoms with Crippen molar-refractivity contribution in [2.24, 2.45) is 0 Å². The fourth-order valence-corrected chi connectivity index (χ4v) is 9.37. The first kappa shape index (κ1) is 41.4. The Balaban J connectivity index is 1.27. The summed E-state index contributed by atoms with van der Waals surface area (Å²) in [5.74, 6) is 1.74. The Morgan fingerprint density at radius 2 is 0.800 bits per heavy atom. The van der Waals surface area contributed by atoms with Gasteiger partial charge in [0.2, 0.25) is 0 Å². The van der Waals surface area contributed by atoms with Crippen LogP contribution >= 0.6 is 0 Å². The summed E-state index contributed by atoms with van der Waals surface area (Å²) >= 11 is 0. The standard InChI is InChI=1S/C55H29F3N12/c56-55(57,58)43-7-1-6-36(30-59)49(43)41-16-17-44(69-45-26-32(51-61-18-2-19-62-51)8-12-37(45)38-13-9-33(27-46(38)69)52-63-20-3-21-64-52)42(31-60)50(41)70-47-28-34(53-65-22-4-23-66-53)10-14-39(47)40-15-11-35(29-48(40)70)54-67-24-5-25-68-54/h1-29H. The molecule has 12 aromatic rings. The first-order valence-electron chi connectivity index (χ1n) is 21.7. The van der Waals surface area contributed by atoms with Crippen LogP contribution in [-0.4, -0.2) is 49.0 Å². The van der Waals surface area contributed by atoms with Crippen molar-refractivity contribution in [3.05, 3.63) is 194 Å². The average Bonchev–Trinajstić information content (AvgIpc) is 3.91. The second-order valence-electron chi connectivity index (χ2n) is 16.2. The van der Waals surface area contributed by atoms with E-state index in [0.717, 1.165) is 27.6 Å². The van der Waals surface area contributed by atoms with Crippen LogP contribution in [0.2, 0.25) is 0 Å². The molecular weight excluding hydrogens is 886 g/mol. The van der Waals surface area contributed by atoms with E-state index in [2.05, 4.69) is 45.9 Å². The third kappa shape index (κ3) is 6.76. The van der Waals surface area contributed by atoms with Gasteiger partial charge in [0.25, 0.3) is 0 Å². The maximum absolute atomic E-state index is 15.5. The lowest BCUT2D eigenvalue weighted by molar-refractivity contribution is -0.137. The van der Waals surface area contributed by atoms with Crippen molar-refractivity contribution < 1.29 is 13.2 Å². The number of nitrogens with zero attached hydrogens (tertiary/aromatic N) is 12. The second kappa shape index (κ2) is 16.4. The number of alkyl halides is 3. The van der Waals surface area contributed by atoms with Gasteiger partial charge in [-0.15, -0.1) is 0 Å². The summed E-state index contributed by atoms with van der Waals surface area (Å²) in [7, 11) is 0. The van der Waals surface area contributed by atoms with E-state index in [-0.39, 0.29) is 27.9 Å². The molecule has 0 aliphatic rings. The van der Waals surface area contributed by atoms with E-state index in [0.29, 0.717) is 73.3 Å². The minimum Gasteiger partial charge on any atom is -0.308 e. The first-order chi connectivity index (χ1) is 34.3. The molecule has 0 saturated heterocycles. The summed E-state index contributed by atoms with van der Waals surface area (Å²) in [6.07, 6.45) is 8.19. The highest BCUT2D eigenvalue weighted by Gasteiger charge is 2.37. The van der Waals surface area contributed by atoms with Gasteiger partial charge in [-0.2, -0.15) is 23.7 Å². The zero-order chi connectivity index (χ0) is 47.5. The lowest BCUT2D eigenvalue weighted by Gasteiger charge is -2.22. The topological polar surface area (TPSA) is 161 Å². The quantitative estimate of drug-likeness (QED) is 0.150. The molecule has 12 rings (SSSR count). The van der Waals surface area contributed by atoms with Gasteiger partial charge >= 0.3 is 6.18 Å². The van der Waals surface area contributed by atoms with Gasteiger partial charge in [-0.3, -0.25) is 0 Å². The molecule has 6 aromatic heterocycles. The number of nitriles is 2. The van der Waals surface area contributed by atoms with E-state index >= 15 is 13.2 Å². The monoisotopic (exact) mass is 914 g/mol. The molecule has 0 atom stereocenters. The SMILES string of the molecule is N#Cc1cccc(C(F)(F)F)c1-c1ccc(-n2c3cc(-c4ncccn4)ccc3c3ccc(-c4ncccn4)cc32)c(C#N)c1-n1c2cc(-c3ncccn3)ccc2c2ccc(-c3ncccn3)cc21. The summed E-state index contributed by atoms with van der Waals surface area (Å²) in [5.41, 5.74) is 3.72. The Labute approximate surface area is 395 Å². The van der Waals surface area contributed by atoms with Crippen molar-refractivity contribution >= 4 is 43.6 Å². The molecule has 0 N–H and O–H groups in total. The Kier molecular flexibility index (Phi) is 9.71. The maximum atomic E-state index is 15.5. The van der Waals surface area contributed by atoms with Crippen molar-refractivity contribution in [2.75, 3.05) is 0 Å². The highest BCUT2D eigenvalue weighted by Crippen LogP contribution is 2.47. The van der Waals surface area contributed by atoms with Gasteiger partial charge in [-0.25, -0.2) is 39.9 Å². The molecule has 70 heavy (non-hydrogen) atoms. The molecule has 0 aliphatic carbocycles. The zero-order valence-corrected chi connectivity index (χ0v) is 36.2. The molecule has 6 heterocycles. The number of halogens is 3. The van der Waals surface area contributed by atoms with Crippen LogP contribution in [-0.2, 0) is 6.18 Å². The Bertz CT molecular complexity index is 3930. The predicted molar refractivity (Wildman–Crippen MR) is 259 cm³/mol. The van der Waals surface area contributed by atoms with Crippen LogP contribution in [0, 0.1) is 22.7 Å². The lowest BCUT2D eigenvalue weighted by Crippen LogP contribution is -2.11. The van der Waals surface area contributed by atoms with Crippen molar-refractivity contribution in [3.8, 4) is 80.2 Å². The van der Waals surface area contributed by atoms with Gasteiger partial charge in [0.1, 0.15) is 11.6 Å². The number of benzene rings is 6. The summed E-state index contributed by atoms with van der Waals surface area (Å²) in [5, 5.41) is 25.6. The Hall–Kier alpha value is -9.99. The molecule has 0 fully saturated rings. The van der Waals surface area contributed by atoms with E-state index in [9.17, 15) is 10.5 Å². The summed E-state index contributed by atoms with van der Waals surface area (Å²) in [6, 6.07) is 41.0. The third-order valence-corrected chi connectivity index (χ3v) is 12.3. The third-order valence-electron chi connectivity index (χ3n) is 12.3. The highest BCUT2D eigenvalue weighted by molar-refractivity contribution is 6.13. The second-order valence-corrected chi connectivity index (χ2v) is 16.2. The molecule has 0 bridgehead atoms. The molecule has 0 unspecified atom stereocenters. The Morgan fingerprint density at radius 3 is 1.16 bits per heavy atom. The van der Waals surface area contributed by atoms with Crippen molar-refractivity contribution in [1.82, 2.24) is 49.0 Å². The molecule has 15 heteroatoms. The van der Waals surface area contributed by atoms with Crippen LogP contribution in [0.3, 0.4) is 0 Å². The summed E-state index contributed by atoms with van der Waals surface area (Å²) < 4.78 is 50.1. The maximum Gasteiger partial charge on any atom is 0.417 e. The smallest absolute Gasteiger partial charge is 0.308 e. The molecule has 12 nitrogen and oxygen atoms in total. The van der Waals surface area contributed by atoms with Gasteiger partial charge in [-0.05, 0) is 66.7 Å². The van der Waals surface area contributed by atoms with E-state index in [4.69, 9.17) is 0 Å². The molecule has 6 aromatic carbocycles. The van der Waals surface area contributed by atoms with Gasteiger partial charge in [0.05, 0.1) is 50.6 Å². The van der Waals surface area contributed by atoms with Crippen molar-refractivity contribution in [3.63, 3.8) is 0 Å². The average molecular weight is 915 g/mol. The van der Waals surface area contributed by atoms with E-state index in [1.54, 1.807) is 90.5 Å². The molecule has 0 aliphatic heterocycles. The molecule has 0 amide bonds. The molecule has 0 spiro atoms. The van der Waals surface area contributed by atoms with Crippen LogP contribution in [0.5, 0.6) is 0 Å². The summed E-state index contributed by atoms with van der Waals surface area (Å²) in [6.45, 7) is 0. The van der Waals surface area contributed by atoms with Crippen LogP contribution in [0.1, 0.15) is 16.7 Å². The fourth-order valence-electron chi connectivity index (χ4n) is 9.37. The van der Waals surface area contributed by atoms with E-state index < -0.39 is 11.7 Å². The predicted octanol–water partition coefficient (Wildman–Crippen LogP) is 12.1. The fraction of sp³-hybridized carbons (Fsp3) is 0.0182. The highest BCUT2D eigenvalue weighted by atomic mass is 19.4. The number of fused-ring (bicyclic) bond motifs is 6. The van der Waals surface area contributed by atoms with Gasteiger partial charge < -0.3 is 9.13 Å². The number of hydrogen-bond donors (Lipinski definition) is 0. The minimum atomic E-state index is -4.90. The van der Waals surface area contributed by atoms with E-state index in [1.165, 1.54) is 12.1 Å². The van der Waals surface area contributed by atoms with Crippen molar-refractivity contribution in [2.45, 2.75) is 6.18 Å². The number of hydrogen-bond acceptors (Lipinski definition) is 10. The van der Waals surface area contributed by atoms with Crippen LogP contribution < -0.4 is 0 Å². The van der Waals surface area contributed by atoms with Crippen LogP contribution in [0.4, 0.5) is 13.2 Å². The van der Waals surface area contributed by atoms with Crippen molar-refractivity contribution in [1.29, 1.82) is 10.5 Å². The zero-order valence-electron chi connectivity index (χ0n) is 36.2. The molecule has 330 valence electrons. The molecule has 0 saturated carbocycles. The Morgan fingerprint density at radius 1 is 0.414 bits per heavy atom.